The van der Waals surface area contributed by atoms with Gasteiger partial charge in [0.15, 0.2) is 0 Å². The smallest absolute Gasteiger partial charge is 0.286 e. The summed E-state index contributed by atoms with van der Waals surface area (Å²) in [6.45, 7) is 2.86. The molecule has 0 aromatic heterocycles. The van der Waals surface area contributed by atoms with E-state index in [4.69, 9.17) is 20.5 Å². The van der Waals surface area contributed by atoms with Crippen molar-refractivity contribution in [3.63, 3.8) is 0 Å². The van der Waals surface area contributed by atoms with Crippen molar-refractivity contribution in [2.24, 2.45) is 9.98 Å². The van der Waals surface area contributed by atoms with E-state index in [-0.39, 0.29) is 29.2 Å². The molecule has 2 unspecified atom stereocenters. The van der Waals surface area contributed by atoms with E-state index in [1.807, 2.05) is 0 Å². The van der Waals surface area contributed by atoms with Gasteiger partial charge in [-0.1, -0.05) is 182 Å². The number of rotatable bonds is 13. The molecule has 0 N–H and O–H groups in total. The van der Waals surface area contributed by atoms with Crippen LogP contribution in [0.4, 0.5) is 0 Å². The van der Waals surface area contributed by atoms with Gasteiger partial charge in [0.25, 0.3) is 0 Å². The second kappa shape index (κ2) is 25.1. The molecule has 0 saturated carbocycles. The number of hydrogen-bond donors (Lipinski definition) is 0. The van der Waals surface area contributed by atoms with Crippen molar-refractivity contribution in [3.05, 3.63) is 193 Å². The molecule has 4 nitrogen and oxygen atoms in total. The first kappa shape index (κ1) is 42.4. The minimum Gasteiger partial charge on any atom is -0.286 e. The first-order valence-electron chi connectivity index (χ1n) is 17.2. The van der Waals surface area contributed by atoms with Gasteiger partial charge in [0, 0.05) is 38.6 Å². The standard InChI is InChI=1S/C42H38N2P2.2C2H3N.Fe/c1-7-19-35(20-8-1)41(43-31-33-45(37-23-11-3-12-24-37)38-25-13-4-14-26-38)42(36-21-9-2-10-22-36)44-32-34-46(39-27-15-5-16-28-39)40-29-17-6-18-30-40;2*1-2-3;/h1-32,41-42H,33-34H2;2*1H3;/q;;;+2. The van der Waals surface area contributed by atoms with Crippen molar-refractivity contribution in [2.75, 3.05) is 12.3 Å². The van der Waals surface area contributed by atoms with Gasteiger partial charge in [-0.05, 0) is 48.2 Å². The fraction of sp³-hybridized carbons (Fsp3) is 0.130. The average molecular weight is 771 g/mol. The fourth-order valence-corrected chi connectivity index (χ4v) is 9.72. The third-order valence-electron chi connectivity index (χ3n) is 7.91. The maximum atomic E-state index is 7.32. The van der Waals surface area contributed by atoms with Gasteiger partial charge in [-0.3, -0.25) is 9.98 Å². The van der Waals surface area contributed by atoms with Crippen molar-refractivity contribution < 1.29 is 17.1 Å². The molecule has 0 radical (unpaired) electrons. The van der Waals surface area contributed by atoms with Crippen molar-refractivity contribution in [1.29, 1.82) is 10.5 Å². The molecule has 6 rings (SSSR count). The largest absolute Gasteiger partial charge is 2.00 e. The summed E-state index contributed by atoms with van der Waals surface area (Å²) < 4.78 is 0. The van der Waals surface area contributed by atoms with E-state index in [1.165, 1.54) is 46.2 Å². The Morgan fingerprint density at radius 2 is 0.642 bits per heavy atom. The Labute approximate surface area is 329 Å². The molecule has 0 aliphatic heterocycles. The van der Waals surface area contributed by atoms with Crippen LogP contribution in [0.2, 0.25) is 0 Å². The molecule has 0 saturated heterocycles. The van der Waals surface area contributed by atoms with Gasteiger partial charge in [-0.2, -0.15) is 10.5 Å². The molecule has 0 amide bonds. The first-order chi connectivity index (χ1) is 25.7. The molecule has 0 spiro atoms. The Bertz CT molecular complexity index is 1760. The zero-order valence-corrected chi connectivity index (χ0v) is 33.0. The van der Waals surface area contributed by atoms with Gasteiger partial charge >= 0.3 is 17.1 Å². The van der Waals surface area contributed by atoms with E-state index in [0.717, 1.165) is 12.3 Å². The number of aliphatic imine (C=N–C) groups is 2. The molecule has 0 aliphatic rings. The number of benzene rings is 6. The Kier molecular flexibility index (Phi) is 20.1. The van der Waals surface area contributed by atoms with Crippen LogP contribution in [-0.2, 0) is 17.1 Å². The van der Waals surface area contributed by atoms with Gasteiger partial charge in [0.1, 0.15) is 12.1 Å². The fourth-order valence-electron chi connectivity index (χ4n) is 5.64. The molecule has 264 valence electrons. The molecular weight excluding hydrogens is 726 g/mol. The van der Waals surface area contributed by atoms with E-state index in [1.54, 1.807) is 12.1 Å². The van der Waals surface area contributed by atoms with E-state index < -0.39 is 15.8 Å². The molecule has 2 atom stereocenters. The van der Waals surface area contributed by atoms with Crippen LogP contribution >= 0.6 is 15.8 Å². The molecule has 0 fully saturated rings. The van der Waals surface area contributed by atoms with E-state index >= 15 is 0 Å². The predicted molar refractivity (Wildman–Crippen MR) is 226 cm³/mol. The number of nitrogens with zero attached hydrogens (tertiary/aromatic N) is 4. The van der Waals surface area contributed by atoms with Crippen LogP contribution in [0, 0.1) is 22.7 Å². The third kappa shape index (κ3) is 13.8. The zero-order chi connectivity index (χ0) is 36.6. The van der Waals surface area contributed by atoms with Crippen molar-refractivity contribution >= 4 is 49.5 Å². The van der Waals surface area contributed by atoms with Crippen molar-refractivity contribution in [1.82, 2.24) is 0 Å². The summed E-state index contributed by atoms with van der Waals surface area (Å²) >= 11 is 0. The number of hydrogen-bond acceptors (Lipinski definition) is 4. The molecule has 0 bridgehead atoms. The summed E-state index contributed by atoms with van der Waals surface area (Å²) in [4.78, 5) is 10.7. The maximum absolute atomic E-state index is 7.32. The predicted octanol–water partition coefficient (Wildman–Crippen LogP) is 9.93. The van der Waals surface area contributed by atoms with Gasteiger partial charge < -0.3 is 0 Å². The average Bonchev–Trinajstić information content (AvgIpc) is 3.21. The summed E-state index contributed by atoms with van der Waals surface area (Å²) in [6, 6.07) is 67.9. The maximum Gasteiger partial charge on any atom is 2.00 e. The Hall–Kier alpha value is -4.98. The monoisotopic (exact) mass is 770 g/mol. The van der Waals surface area contributed by atoms with Crippen LogP contribution in [0.25, 0.3) is 0 Å². The van der Waals surface area contributed by atoms with Crippen molar-refractivity contribution in [3.8, 4) is 12.1 Å². The van der Waals surface area contributed by atoms with Gasteiger partial charge in [-0.25, -0.2) is 0 Å². The van der Waals surface area contributed by atoms with Gasteiger partial charge in [0.2, 0.25) is 0 Å². The molecule has 6 aromatic carbocycles. The summed E-state index contributed by atoms with van der Waals surface area (Å²) in [5.41, 5.74) is 2.34. The Morgan fingerprint density at radius 3 is 0.868 bits per heavy atom. The molecule has 0 heterocycles. The SMILES string of the molecule is C(CP(c1ccccc1)c1ccccc1)=NC(c1ccccc1)C(N=CCP(c1ccccc1)c1ccccc1)c1ccccc1.CC#N.CC#N.[Fe+2]. The molecule has 7 heteroatoms. The molecular formula is C46H44FeN4P2+2. The minimum atomic E-state index is -0.580. The van der Waals surface area contributed by atoms with Gasteiger partial charge in [0.05, 0.1) is 12.1 Å². The van der Waals surface area contributed by atoms with Crippen LogP contribution in [0.5, 0.6) is 0 Å². The summed E-state index contributed by atoms with van der Waals surface area (Å²) in [6.07, 6.45) is 6.06. The third-order valence-corrected chi connectivity index (χ3v) is 12.7. The normalized spacial score (nSPS) is 11.6. The summed E-state index contributed by atoms with van der Waals surface area (Å²) in [5.74, 6) is 0. The van der Waals surface area contributed by atoms with Crippen LogP contribution in [0.15, 0.2) is 192 Å². The van der Waals surface area contributed by atoms with Crippen LogP contribution < -0.4 is 21.2 Å². The van der Waals surface area contributed by atoms with E-state index in [2.05, 4.69) is 194 Å². The van der Waals surface area contributed by atoms with Gasteiger partial charge in [-0.15, -0.1) is 0 Å². The van der Waals surface area contributed by atoms with E-state index in [0.29, 0.717) is 0 Å². The summed E-state index contributed by atoms with van der Waals surface area (Å²) in [7, 11) is -1.16. The molecule has 0 aliphatic carbocycles. The Balaban J connectivity index is 0.00000101. The zero-order valence-electron chi connectivity index (χ0n) is 30.1. The Morgan fingerprint density at radius 1 is 0.434 bits per heavy atom. The van der Waals surface area contributed by atoms with Crippen LogP contribution in [-0.4, -0.2) is 24.8 Å². The van der Waals surface area contributed by atoms with Crippen molar-refractivity contribution in [2.45, 2.75) is 25.9 Å². The summed E-state index contributed by atoms with van der Waals surface area (Å²) in [5, 5.41) is 20.1. The number of nitriles is 2. The quantitative estimate of drug-likeness (QED) is 0.0667. The molecule has 53 heavy (non-hydrogen) atoms. The molecule has 6 aromatic rings. The second-order valence-electron chi connectivity index (χ2n) is 11.4. The van der Waals surface area contributed by atoms with Crippen LogP contribution in [0.3, 0.4) is 0 Å². The second-order valence-corrected chi connectivity index (χ2v) is 15.9. The van der Waals surface area contributed by atoms with E-state index in [9.17, 15) is 0 Å². The first-order valence-corrected chi connectivity index (χ1v) is 20.3. The minimum absolute atomic E-state index is 0. The topological polar surface area (TPSA) is 72.3 Å². The van der Waals surface area contributed by atoms with Crippen LogP contribution in [0.1, 0.15) is 37.1 Å².